The summed E-state index contributed by atoms with van der Waals surface area (Å²) in [6.45, 7) is 8.34. The van der Waals surface area contributed by atoms with Crippen LogP contribution in [0.1, 0.15) is 34.0 Å². The Kier molecular flexibility index (Phi) is 3.02. The van der Waals surface area contributed by atoms with Crippen molar-refractivity contribution in [2.75, 3.05) is 0 Å². The Labute approximate surface area is 100 Å². The zero-order chi connectivity index (χ0) is 12.6. The number of aromatic nitrogens is 3. The van der Waals surface area contributed by atoms with Crippen LogP contribution < -0.4 is 0 Å². The minimum absolute atomic E-state index is 0.0271. The first-order valence-corrected chi connectivity index (χ1v) is 5.60. The molecule has 0 radical (unpaired) electrons. The summed E-state index contributed by atoms with van der Waals surface area (Å²) in [5, 5.41) is 17.6. The van der Waals surface area contributed by atoms with Crippen molar-refractivity contribution in [3.8, 4) is 0 Å². The van der Waals surface area contributed by atoms with Gasteiger partial charge in [0.05, 0.1) is 24.5 Å². The van der Waals surface area contributed by atoms with E-state index in [2.05, 4.69) is 10.3 Å². The van der Waals surface area contributed by atoms with Gasteiger partial charge in [-0.1, -0.05) is 5.16 Å². The Bertz CT molecular complexity index is 521. The van der Waals surface area contributed by atoms with Crippen LogP contribution in [0.4, 0.5) is 0 Å². The van der Waals surface area contributed by atoms with Crippen LogP contribution in [0.5, 0.6) is 0 Å². The molecule has 0 atom stereocenters. The molecule has 5 nitrogen and oxygen atoms in total. The van der Waals surface area contributed by atoms with Gasteiger partial charge in [0.1, 0.15) is 5.76 Å². The molecule has 2 aromatic heterocycles. The smallest absolute Gasteiger partial charge is 0.138 e. The van der Waals surface area contributed by atoms with Crippen LogP contribution in [0.15, 0.2) is 4.52 Å². The Morgan fingerprint density at radius 2 is 1.82 bits per heavy atom. The van der Waals surface area contributed by atoms with E-state index in [0.717, 1.165) is 34.0 Å². The molecule has 5 heteroatoms. The Balaban J connectivity index is 2.37. The number of rotatable bonds is 3. The normalized spacial score (nSPS) is 11.1. The summed E-state index contributed by atoms with van der Waals surface area (Å²) in [5.74, 6) is 0.820. The molecule has 0 spiro atoms. The quantitative estimate of drug-likeness (QED) is 0.878. The van der Waals surface area contributed by atoms with Crippen LogP contribution in [0.3, 0.4) is 0 Å². The van der Waals surface area contributed by atoms with Gasteiger partial charge in [-0.05, 0) is 27.7 Å². The highest BCUT2D eigenvalue weighted by molar-refractivity contribution is 5.26. The van der Waals surface area contributed by atoms with Crippen LogP contribution in [0.2, 0.25) is 0 Å². The van der Waals surface area contributed by atoms with E-state index in [1.54, 1.807) is 0 Å². The van der Waals surface area contributed by atoms with Gasteiger partial charge in [-0.3, -0.25) is 4.68 Å². The van der Waals surface area contributed by atoms with E-state index in [1.807, 2.05) is 32.4 Å². The van der Waals surface area contributed by atoms with Crippen molar-refractivity contribution in [2.24, 2.45) is 0 Å². The highest BCUT2D eigenvalue weighted by Gasteiger charge is 2.14. The minimum atomic E-state index is 0.0271. The fraction of sp³-hybridized carbons (Fsp3) is 0.500. The third kappa shape index (κ3) is 1.98. The second kappa shape index (κ2) is 4.33. The van der Waals surface area contributed by atoms with Crippen LogP contribution in [-0.4, -0.2) is 20.0 Å². The summed E-state index contributed by atoms with van der Waals surface area (Å²) in [7, 11) is 0. The number of aliphatic hydroxyl groups excluding tert-OH is 1. The van der Waals surface area contributed by atoms with E-state index in [-0.39, 0.29) is 6.61 Å². The van der Waals surface area contributed by atoms with Gasteiger partial charge in [-0.15, -0.1) is 0 Å². The summed E-state index contributed by atoms with van der Waals surface area (Å²) < 4.78 is 7.01. The lowest BCUT2D eigenvalue weighted by molar-refractivity contribution is 0.280. The van der Waals surface area contributed by atoms with Gasteiger partial charge in [0, 0.05) is 16.8 Å². The molecule has 0 amide bonds. The maximum absolute atomic E-state index is 9.26. The molecule has 2 rings (SSSR count). The maximum Gasteiger partial charge on any atom is 0.138 e. The molecule has 2 aromatic rings. The lowest BCUT2D eigenvalue weighted by atomic mass is 10.2. The van der Waals surface area contributed by atoms with Gasteiger partial charge < -0.3 is 9.63 Å². The average molecular weight is 235 g/mol. The molecule has 0 aliphatic carbocycles. The highest BCUT2D eigenvalue weighted by atomic mass is 16.5. The number of hydrogen-bond acceptors (Lipinski definition) is 4. The molecule has 0 aromatic carbocycles. The van der Waals surface area contributed by atoms with Gasteiger partial charge >= 0.3 is 0 Å². The molecule has 92 valence electrons. The Morgan fingerprint density at radius 1 is 1.12 bits per heavy atom. The van der Waals surface area contributed by atoms with Gasteiger partial charge in [0.15, 0.2) is 0 Å². The SMILES string of the molecule is Cc1noc(C)c1Cn1nc(C)c(CO)c1C. The van der Waals surface area contributed by atoms with Crippen molar-refractivity contribution >= 4 is 0 Å². The molecule has 0 fully saturated rings. The molecule has 1 N–H and O–H groups in total. The molecule has 0 saturated heterocycles. The topological polar surface area (TPSA) is 64.1 Å². The standard InChI is InChI=1S/C12H17N3O2/c1-7-12(6-16)9(3)15(13-7)5-11-8(2)14-17-10(11)4/h16H,5-6H2,1-4H3. The maximum atomic E-state index is 9.26. The number of aliphatic hydroxyl groups is 1. The summed E-state index contributed by atoms with van der Waals surface area (Å²) in [4.78, 5) is 0. The molecule has 17 heavy (non-hydrogen) atoms. The molecule has 0 aliphatic rings. The second-order valence-corrected chi connectivity index (χ2v) is 4.27. The predicted molar refractivity (Wildman–Crippen MR) is 62.7 cm³/mol. The van der Waals surface area contributed by atoms with E-state index < -0.39 is 0 Å². The Hall–Kier alpha value is -1.62. The van der Waals surface area contributed by atoms with E-state index in [9.17, 15) is 5.11 Å². The van der Waals surface area contributed by atoms with Crippen molar-refractivity contribution in [3.05, 3.63) is 34.0 Å². The number of aryl methyl sites for hydroxylation is 3. The molecule has 0 aliphatic heterocycles. The number of hydrogen-bond donors (Lipinski definition) is 1. The fourth-order valence-electron chi connectivity index (χ4n) is 1.99. The van der Waals surface area contributed by atoms with Crippen LogP contribution in [0.25, 0.3) is 0 Å². The lowest BCUT2D eigenvalue weighted by Gasteiger charge is -2.04. The largest absolute Gasteiger partial charge is 0.392 e. The second-order valence-electron chi connectivity index (χ2n) is 4.27. The summed E-state index contributed by atoms with van der Waals surface area (Å²) >= 11 is 0. The van der Waals surface area contributed by atoms with Crippen LogP contribution >= 0.6 is 0 Å². The van der Waals surface area contributed by atoms with E-state index in [4.69, 9.17) is 4.52 Å². The predicted octanol–water partition coefficient (Wildman–Crippen LogP) is 1.65. The van der Waals surface area contributed by atoms with Crippen LogP contribution in [-0.2, 0) is 13.2 Å². The van der Waals surface area contributed by atoms with Gasteiger partial charge in [-0.2, -0.15) is 5.10 Å². The molecule has 0 unspecified atom stereocenters. The van der Waals surface area contributed by atoms with Gasteiger partial charge in [0.25, 0.3) is 0 Å². The first-order chi connectivity index (χ1) is 8.04. The minimum Gasteiger partial charge on any atom is -0.392 e. The van der Waals surface area contributed by atoms with Gasteiger partial charge in [0.2, 0.25) is 0 Å². The van der Waals surface area contributed by atoms with Crippen molar-refractivity contribution in [1.82, 2.24) is 14.9 Å². The summed E-state index contributed by atoms with van der Waals surface area (Å²) in [5.41, 5.74) is 4.71. The van der Waals surface area contributed by atoms with Crippen molar-refractivity contribution in [3.63, 3.8) is 0 Å². The zero-order valence-corrected chi connectivity index (χ0v) is 10.6. The Morgan fingerprint density at radius 3 is 2.29 bits per heavy atom. The number of nitrogens with zero attached hydrogens (tertiary/aromatic N) is 3. The zero-order valence-electron chi connectivity index (χ0n) is 10.6. The first kappa shape index (κ1) is 11.9. The molecular weight excluding hydrogens is 218 g/mol. The van der Waals surface area contributed by atoms with Crippen molar-refractivity contribution in [1.29, 1.82) is 0 Å². The van der Waals surface area contributed by atoms with Crippen LogP contribution in [0, 0.1) is 27.7 Å². The third-order valence-corrected chi connectivity index (χ3v) is 3.18. The molecule has 2 heterocycles. The van der Waals surface area contributed by atoms with E-state index >= 15 is 0 Å². The monoisotopic (exact) mass is 235 g/mol. The van der Waals surface area contributed by atoms with E-state index in [1.165, 1.54) is 0 Å². The molecule has 0 saturated carbocycles. The third-order valence-electron chi connectivity index (χ3n) is 3.18. The lowest BCUT2D eigenvalue weighted by Crippen LogP contribution is -2.06. The average Bonchev–Trinajstić information content (AvgIpc) is 2.73. The van der Waals surface area contributed by atoms with Crippen molar-refractivity contribution < 1.29 is 9.63 Å². The highest BCUT2D eigenvalue weighted by Crippen LogP contribution is 2.18. The van der Waals surface area contributed by atoms with E-state index in [0.29, 0.717) is 6.54 Å². The van der Waals surface area contributed by atoms with Crippen molar-refractivity contribution in [2.45, 2.75) is 40.8 Å². The summed E-state index contributed by atoms with van der Waals surface area (Å²) in [6, 6.07) is 0. The first-order valence-electron chi connectivity index (χ1n) is 5.60. The molecule has 0 bridgehead atoms. The molecular formula is C12H17N3O2. The van der Waals surface area contributed by atoms with Gasteiger partial charge in [-0.25, -0.2) is 0 Å². The summed E-state index contributed by atoms with van der Waals surface area (Å²) in [6.07, 6.45) is 0. The fourth-order valence-corrected chi connectivity index (χ4v) is 1.99.